The van der Waals surface area contributed by atoms with Gasteiger partial charge in [-0.15, -0.1) is 0 Å². The Hall–Kier alpha value is -4.81. The minimum atomic E-state index is -0.225. The highest BCUT2D eigenvalue weighted by molar-refractivity contribution is 7.07. The summed E-state index contributed by atoms with van der Waals surface area (Å²) >= 11 is 1.43. The van der Waals surface area contributed by atoms with Gasteiger partial charge >= 0.3 is 0 Å². The van der Waals surface area contributed by atoms with E-state index in [2.05, 4.69) is 47.0 Å². The zero-order valence-corrected chi connectivity index (χ0v) is 23.5. The van der Waals surface area contributed by atoms with Crippen LogP contribution in [0.15, 0.2) is 125 Å². The third kappa shape index (κ3) is 4.02. The summed E-state index contributed by atoms with van der Waals surface area (Å²) in [5.74, 6) is -0.225. The second-order valence-electron chi connectivity index (χ2n) is 10.8. The molecule has 0 N–H and O–H groups in total. The Bertz CT molecular complexity index is 2220. The average Bonchev–Trinajstić information content (AvgIpc) is 3.53. The van der Waals surface area contributed by atoms with Crippen molar-refractivity contribution in [1.29, 1.82) is 0 Å². The van der Waals surface area contributed by atoms with E-state index in [4.69, 9.17) is 4.99 Å². The van der Waals surface area contributed by atoms with Gasteiger partial charge in [0, 0.05) is 33.8 Å². The van der Waals surface area contributed by atoms with Crippen LogP contribution in [0.5, 0.6) is 0 Å². The molecule has 0 fully saturated rings. The van der Waals surface area contributed by atoms with Gasteiger partial charge in [-0.25, -0.2) is 9.38 Å². The van der Waals surface area contributed by atoms with E-state index in [9.17, 15) is 9.18 Å². The van der Waals surface area contributed by atoms with Crippen LogP contribution in [-0.2, 0) is 13.0 Å². The molecule has 2 aliphatic rings. The molecule has 0 radical (unpaired) electrons. The molecule has 0 saturated heterocycles. The quantitative estimate of drug-likeness (QED) is 0.241. The zero-order valence-electron chi connectivity index (χ0n) is 22.7. The number of thiazole rings is 1. The van der Waals surface area contributed by atoms with Gasteiger partial charge in [-0.3, -0.25) is 9.36 Å². The molecule has 4 aromatic carbocycles. The number of para-hydroxylation sites is 1. The highest BCUT2D eigenvalue weighted by atomic mass is 32.1. The van der Waals surface area contributed by atoms with Crippen LogP contribution in [0, 0.1) is 5.82 Å². The fraction of sp³-hybridized carbons (Fsp3) is 0.111. The highest BCUT2D eigenvalue weighted by Crippen LogP contribution is 2.41. The van der Waals surface area contributed by atoms with Crippen LogP contribution in [0.4, 0.5) is 4.39 Å². The molecule has 0 bridgehead atoms. The van der Waals surface area contributed by atoms with Crippen molar-refractivity contribution in [3.63, 3.8) is 0 Å². The van der Waals surface area contributed by atoms with Gasteiger partial charge in [0.15, 0.2) is 4.80 Å². The van der Waals surface area contributed by atoms with Crippen LogP contribution in [0.2, 0.25) is 0 Å². The Balaban J connectivity index is 1.32. The molecule has 6 aromatic rings. The van der Waals surface area contributed by atoms with E-state index in [1.54, 1.807) is 6.07 Å². The van der Waals surface area contributed by atoms with E-state index in [-0.39, 0.29) is 17.4 Å². The van der Waals surface area contributed by atoms with Crippen molar-refractivity contribution in [2.45, 2.75) is 25.4 Å². The number of nitrogens with zero attached hydrogens (tertiary/aromatic N) is 3. The number of hydrogen-bond acceptors (Lipinski definition) is 3. The monoisotopic (exact) mass is 567 g/mol. The van der Waals surface area contributed by atoms with Crippen LogP contribution in [0.25, 0.3) is 22.7 Å². The summed E-state index contributed by atoms with van der Waals surface area (Å²) in [6, 6.07) is 33.5. The smallest absolute Gasteiger partial charge is 0.271 e. The maximum absolute atomic E-state index is 14.5. The van der Waals surface area contributed by atoms with Crippen LogP contribution in [-0.4, -0.2) is 9.13 Å². The van der Waals surface area contributed by atoms with Gasteiger partial charge in [0.25, 0.3) is 5.56 Å². The normalized spacial score (nSPS) is 16.2. The fourth-order valence-corrected chi connectivity index (χ4v) is 7.42. The van der Waals surface area contributed by atoms with Gasteiger partial charge in [-0.1, -0.05) is 102 Å². The lowest BCUT2D eigenvalue weighted by Gasteiger charge is -2.30. The lowest BCUT2D eigenvalue weighted by atomic mass is 9.83. The van der Waals surface area contributed by atoms with Gasteiger partial charge in [0.1, 0.15) is 5.82 Å². The largest absolute Gasteiger partial charge is 0.342 e. The molecule has 0 amide bonds. The Morgan fingerprint density at radius 3 is 2.52 bits per heavy atom. The summed E-state index contributed by atoms with van der Waals surface area (Å²) in [4.78, 5) is 20.1. The van der Waals surface area contributed by atoms with Crippen molar-refractivity contribution in [2.24, 2.45) is 4.99 Å². The maximum Gasteiger partial charge on any atom is 0.271 e. The van der Waals surface area contributed by atoms with Crippen LogP contribution < -0.4 is 14.9 Å². The predicted molar refractivity (Wildman–Crippen MR) is 167 cm³/mol. The molecule has 6 heteroatoms. The van der Waals surface area contributed by atoms with Crippen LogP contribution in [0.3, 0.4) is 0 Å². The predicted octanol–water partition coefficient (Wildman–Crippen LogP) is 6.46. The molecule has 8 rings (SSSR count). The third-order valence-corrected chi connectivity index (χ3v) is 9.38. The van der Waals surface area contributed by atoms with Crippen molar-refractivity contribution >= 4 is 34.0 Å². The molecule has 42 heavy (non-hydrogen) atoms. The number of halogens is 1. The summed E-state index contributed by atoms with van der Waals surface area (Å²) in [6.07, 6.45) is 5.79. The van der Waals surface area contributed by atoms with E-state index >= 15 is 0 Å². The number of rotatable bonds is 4. The van der Waals surface area contributed by atoms with Gasteiger partial charge < -0.3 is 4.57 Å². The SMILES string of the molecule is O=c1/c(=C\c2cn(Cc3ccccc3F)c3ccccc23)sc2n1[C@H](c1ccccc1)C1=C(N=2)c2ccccc2CC1. The summed E-state index contributed by atoms with van der Waals surface area (Å²) in [6.45, 7) is 0.405. The number of fused-ring (bicyclic) bond motifs is 4. The van der Waals surface area contributed by atoms with Crippen molar-refractivity contribution in [2.75, 3.05) is 0 Å². The minimum absolute atomic E-state index is 0.0380. The van der Waals surface area contributed by atoms with E-state index in [1.807, 2.05) is 65.4 Å². The fourth-order valence-electron chi connectivity index (χ4n) is 6.43. The Labute approximate surface area is 245 Å². The van der Waals surface area contributed by atoms with Crippen molar-refractivity contribution < 1.29 is 4.39 Å². The first-order valence-corrected chi connectivity index (χ1v) is 15.0. The van der Waals surface area contributed by atoms with Crippen LogP contribution in [0.1, 0.15) is 40.3 Å². The number of aromatic nitrogens is 2. The molecular formula is C36H26FN3OS. The molecule has 1 aliphatic carbocycles. The lowest BCUT2D eigenvalue weighted by Crippen LogP contribution is -2.38. The molecule has 0 spiro atoms. The number of hydrogen-bond donors (Lipinski definition) is 0. The van der Waals surface area contributed by atoms with Crippen molar-refractivity contribution in [1.82, 2.24) is 9.13 Å². The molecule has 0 unspecified atom stereocenters. The molecule has 1 atom stereocenters. The first kappa shape index (κ1) is 24.9. The Kier molecular flexibility index (Phi) is 5.90. The van der Waals surface area contributed by atoms with Gasteiger partial charge in [-0.05, 0) is 47.8 Å². The minimum Gasteiger partial charge on any atom is -0.342 e. The molecule has 1 aliphatic heterocycles. The molecule has 0 saturated carbocycles. The molecule has 4 nitrogen and oxygen atoms in total. The second-order valence-corrected chi connectivity index (χ2v) is 11.9. The number of allylic oxidation sites excluding steroid dienone is 1. The van der Waals surface area contributed by atoms with Crippen molar-refractivity contribution in [3.8, 4) is 0 Å². The summed E-state index contributed by atoms with van der Waals surface area (Å²) in [7, 11) is 0. The highest BCUT2D eigenvalue weighted by Gasteiger charge is 2.32. The number of aryl methyl sites for hydroxylation is 1. The lowest BCUT2D eigenvalue weighted by molar-refractivity contribution is 0.585. The first-order chi connectivity index (χ1) is 20.7. The van der Waals surface area contributed by atoms with E-state index in [0.717, 1.165) is 46.1 Å². The Morgan fingerprint density at radius 1 is 0.881 bits per heavy atom. The van der Waals surface area contributed by atoms with Gasteiger partial charge in [0.2, 0.25) is 0 Å². The summed E-state index contributed by atoms with van der Waals surface area (Å²) in [5.41, 5.74) is 8.25. The van der Waals surface area contributed by atoms with Gasteiger partial charge in [-0.2, -0.15) is 0 Å². The zero-order chi connectivity index (χ0) is 28.2. The maximum atomic E-state index is 14.5. The van der Waals surface area contributed by atoms with E-state index in [1.165, 1.54) is 28.5 Å². The second kappa shape index (κ2) is 9.93. The first-order valence-electron chi connectivity index (χ1n) is 14.1. The van der Waals surface area contributed by atoms with E-state index < -0.39 is 0 Å². The average molecular weight is 568 g/mol. The van der Waals surface area contributed by atoms with Crippen molar-refractivity contribution in [3.05, 3.63) is 168 Å². The summed E-state index contributed by atoms with van der Waals surface area (Å²) in [5, 5.41) is 1.02. The molecule has 3 heterocycles. The molecule has 204 valence electrons. The topological polar surface area (TPSA) is 39.3 Å². The Morgan fingerprint density at radius 2 is 1.64 bits per heavy atom. The molecule has 2 aromatic heterocycles. The number of benzene rings is 4. The molecular weight excluding hydrogens is 541 g/mol. The van der Waals surface area contributed by atoms with Gasteiger partial charge in [0.05, 0.1) is 22.8 Å². The standard InChI is InChI=1S/C36H26FN3OS/c37-30-16-8-5-13-25(30)21-39-22-26(27-14-7-9-17-31(27)39)20-32-35(41)40-34(24-11-2-1-3-12-24)29-19-18-23-10-4-6-15-28(23)33(29)38-36(40)42-32/h1-17,20,22,34H,18-19,21H2/b32-20+/t34-/m1/s1. The van der Waals surface area contributed by atoms with Crippen LogP contribution >= 0.6 is 11.3 Å². The third-order valence-electron chi connectivity index (χ3n) is 8.39. The van der Waals surface area contributed by atoms with E-state index in [0.29, 0.717) is 21.4 Å². The summed E-state index contributed by atoms with van der Waals surface area (Å²) < 4.78 is 19.1.